The Hall–Kier alpha value is -1.40. The highest BCUT2D eigenvalue weighted by Gasteiger charge is 2.33. The molecule has 110 valence electrons. The fourth-order valence-corrected chi connectivity index (χ4v) is 2.97. The molecular formula is C14H22N4O2. The van der Waals surface area contributed by atoms with Gasteiger partial charge in [0.15, 0.2) is 0 Å². The van der Waals surface area contributed by atoms with Crippen molar-refractivity contribution >= 4 is 5.91 Å². The SMILES string of the molecule is CN1CCN(C(=O)[C@H]2CCCCO2)C[C@@H]1c1ncc[nH]1. The van der Waals surface area contributed by atoms with Crippen molar-refractivity contribution in [3.63, 3.8) is 0 Å². The van der Waals surface area contributed by atoms with E-state index in [2.05, 4.69) is 21.9 Å². The third kappa shape index (κ3) is 2.71. The number of hydrogen-bond acceptors (Lipinski definition) is 4. The molecule has 0 unspecified atom stereocenters. The molecule has 6 nitrogen and oxygen atoms in total. The highest BCUT2D eigenvalue weighted by Crippen LogP contribution is 2.23. The molecule has 2 saturated heterocycles. The Morgan fingerprint density at radius 1 is 1.45 bits per heavy atom. The summed E-state index contributed by atoms with van der Waals surface area (Å²) in [6.07, 6.45) is 6.37. The lowest BCUT2D eigenvalue weighted by Gasteiger charge is -2.40. The second kappa shape index (κ2) is 5.93. The molecule has 3 rings (SSSR count). The molecule has 1 aromatic rings. The van der Waals surface area contributed by atoms with Gasteiger partial charge < -0.3 is 14.6 Å². The van der Waals surface area contributed by atoms with Gasteiger partial charge in [-0.05, 0) is 26.3 Å². The van der Waals surface area contributed by atoms with Crippen molar-refractivity contribution in [2.45, 2.75) is 31.4 Å². The molecule has 0 aliphatic carbocycles. The minimum atomic E-state index is -0.232. The molecule has 0 saturated carbocycles. The average Bonchev–Trinajstić information content (AvgIpc) is 3.02. The first kappa shape index (κ1) is 13.6. The van der Waals surface area contributed by atoms with Crippen molar-refractivity contribution in [1.82, 2.24) is 19.8 Å². The van der Waals surface area contributed by atoms with Crippen LogP contribution in [-0.2, 0) is 9.53 Å². The number of carbonyl (C=O) groups is 1. The first-order valence-corrected chi connectivity index (χ1v) is 7.35. The molecule has 1 aromatic heterocycles. The largest absolute Gasteiger partial charge is 0.368 e. The number of carbonyl (C=O) groups excluding carboxylic acids is 1. The Morgan fingerprint density at radius 3 is 3.05 bits per heavy atom. The molecule has 6 heteroatoms. The van der Waals surface area contributed by atoms with Crippen LogP contribution in [0.1, 0.15) is 31.1 Å². The molecule has 0 radical (unpaired) electrons. The van der Waals surface area contributed by atoms with Crippen LogP contribution in [0, 0.1) is 0 Å². The Kier molecular flexibility index (Phi) is 4.03. The third-order valence-electron chi connectivity index (χ3n) is 4.25. The van der Waals surface area contributed by atoms with Crippen LogP contribution in [0.2, 0.25) is 0 Å². The smallest absolute Gasteiger partial charge is 0.251 e. The average molecular weight is 278 g/mol. The Bertz CT molecular complexity index is 442. The lowest BCUT2D eigenvalue weighted by Crippen LogP contribution is -2.52. The molecule has 0 bridgehead atoms. The van der Waals surface area contributed by atoms with Crippen molar-refractivity contribution < 1.29 is 9.53 Å². The van der Waals surface area contributed by atoms with E-state index in [1.165, 1.54) is 0 Å². The molecule has 1 amide bonds. The minimum absolute atomic E-state index is 0.145. The number of piperazine rings is 1. The topological polar surface area (TPSA) is 61.5 Å². The van der Waals surface area contributed by atoms with Gasteiger partial charge in [-0.3, -0.25) is 9.69 Å². The van der Waals surface area contributed by atoms with E-state index in [0.717, 1.165) is 38.2 Å². The number of H-pyrrole nitrogens is 1. The second-order valence-electron chi connectivity index (χ2n) is 5.61. The van der Waals surface area contributed by atoms with Crippen LogP contribution in [0.3, 0.4) is 0 Å². The highest BCUT2D eigenvalue weighted by atomic mass is 16.5. The molecule has 2 fully saturated rings. The van der Waals surface area contributed by atoms with Gasteiger partial charge in [0, 0.05) is 38.6 Å². The number of nitrogens with zero attached hydrogens (tertiary/aromatic N) is 3. The van der Waals surface area contributed by atoms with Gasteiger partial charge in [-0.25, -0.2) is 4.98 Å². The number of amides is 1. The van der Waals surface area contributed by atoms with Gasteiger partial charge >= 0.3 is 0 Å². The third-order valence-corrected chi connectivity index (χ3v) is 4.25. The van der Waals surface area contributed by atoms with Crippen LogP contribution in [0.25, 0.3) is 0 Å². The summed E-state index contributed by atoms with van der Waals surface area (Å²) < 4.78 is 5.62. The quantitative estimate of drug-likeness (QED) is 0.869. The number of imidazole rings is 1. The predicted octanol–water partition coefficient (Wildman–Crippen LogP) is 0.794. The fourth-order valence-electron chi connectivity index (χ4n) is 2.97. The van der Waals surface area contributed by atoms with Crippen molar-refractivity contribution in [3.8, 4) is 0 Å². The van der Waals surface area contributed by atoms with Crippen molar-refractivity contribution in [1.29, 1.82) is 0 Å². The Labute approximate surface area is 119 Å². The standard InChI is InChI=1S/C14H22N4O2/c1-17-7-8-18(10-11(17)13-15-5-6-16-13)14(19)12-4-2-3-9-20-12/h5-6,11-12H,2-4,7-10H2,1H3,(H,15,16)/t11-,12-/m1/s1. The van der Waals surface area contributed by atoms with E-state index < -0.39 is 0 Å². The van der Waals surface area contributed by atoms with Crippen LogP contribution < -0.4 is 0 Å². The van der Waals surface area contributed by atoms with E-state index in [0.29, 0.717) is 13.2 Å². The number of aromatic nitrogens is 2. The summed E-state index contributed by atoms with van der Waals surface area (Å²) in [7, 11) is 2.08. The number of aromatic amines is 1. The van der Waals surface area contributed by atoms with E-state index in [1.807, 2.05) is 11.1 Å². The Balaban J connectivity index is 1.67. The van der Waals surface area contributed by atoms with Gasteiger partial charge in [-0.15, -0.1) is 0 Å². The van der Waals surface area contributed by atoms with Gasteiger partial charge in [0.2, 0.25) is 0 Å². The number of nitrogens with one attached hydrogen (secondary N) is 1. The van der Waals surface area contributed by atoms with Crippen molar-refractivity contribution in [2.75, 3.05) is 33.3 Å². The number of ether oxygens (including phenoxy) is 1. The minimum Gasteiger partial charge on any atom is -0.368 e. The molecule has 20 heavy (non-hydrogen) atoms. The summed E-state index contributed by atoms with van der Waals surface area (Å²) in [5.41, 5.74) is 0. The monoisotopic (exact) mass is 278 g/mol. The molecule has 0 spiro atoms. The van der Waals surface area contributed by atoms with E-state index in [1.54, 1.807) is 6.20 Å². The van der Waals surface area contributed by atoms with E-state index in [-0.39, 0.29) is 18.1 Å². The van der Waals surface area contributed by atoms with Crippen molar-refractivity contribution in [3.05, 3.63) is 18.2 Å². The van der Waals surface area contributed by atoms with Gasteiger partial charge in [-0.2, -0.15) is 0 Å². The molecule has 3 heterocycles. The first-order chi connectivity index (χ1) is 9.75. The van der Waals surface area contributed by atoms with Gasteiger partial charge in [0.05, 0.1) is 6.04 Å². The number of rotatable bonds is 2. The normalized spacial score (nSPS) is 28.6. The molecule has 1 N–H and O–H groups in total. The first-order valence-electron chi connectivity index (χ1n) is 7.35. The Morgan fingerprint density at radius 2 is 2.35 bits per heavy atom. The number of hydrogen-bond donors (Lipinski definition) is 1. The van der Waals surface area contributed by atoms with Crippen LogP contribution in [0.5, 0.6) is 0 Å². The predicted molar refractivity (Wildman–Crippen MR) is 74.1 cm³/mol. The van der Waals surface area contributed by atoms with E-state index >= 15 is 0 Å². The second-order valence-corrected chi connectivity index (χ2v) is 5.61. The zero-order valence-corrected chi connectivity index (χ0v) is 11.9. The summed E-state index contributed by atoms with van der Waals surface area (Å²) in [4.78, 5) is 24.2. The maximum atomic E-state index is 12.5. The highest BCUT2D eigenvalue weighted by molar-refractivity contribution is 5.81. The fraction of sp³-hybridized carbons (Fsp3) is 0.714. The maximum Gasteiger partial charge on any atom is 0.251 e. The van der Waals surface area contributed by atoms with E-state index in [4.69, 9.17) is 4.74 Å². The molecular weight excluding hydrogens is 256 g/mol. The molecule has 2 atom stereocenters. The van der Waals surface area contributed by atoms with Crippen molar-refractivity contribution in [2.24, 2.45) is 0 Å². The summed E-state index contributed by atoms with van der Waals surface area (Å²) >= 11 is 0. The lowest BCUT2D eigenvalue weighted by molar-refractivity contribution is -0.149. The van der Waals surface area contributed by atoms with Gasteiger partial charge in [-0.1, -0.05) is 0 Å². The van der Waals surface area contributed by atoms with Crippen LogP contribution in [-0.4, -0.2) is 65.1 Å². The summed E-state index contributed by atoms with van der Waals surface area (Å²) in [5, 5.41) is 0. The molecule has 2 aliphatic rings. The molecule has 2 aliphatic heterocycles. The van der Waals surface area contributed by atoms with Crippen LogP contribution >= 0.6 is 0 Å². The van der Waals surface area contributed by atoms with Gasteiger partial charge in [0.25, 0.3) is 5.91 Å². The summed E-state index contributed by atoms with van der Waals surface area (Å²) in [5.74, 6) is 1.07. The van der Waals surface area contributed by atoms with E-state index in [9.17, 15) is 4.79 Å². The summed E-state index contributed by atoms with van der Waals surface area (Å²) in [6.45, 7) is 3.03. The van der Waals surface area contributed by atoms with Crippen LogP contribution in [0.4, 0.5) is 0 Å². The summed E-state index contributed by atoms with van der Waals surface area (Å²) in [6, 6.07) is 0.145. The lowest BCUT2D eigenvalue weighted by atomic mass is 10.1. The zero-order valence-electron chi connectivity index (χ0n) is 11.9. The number of likely N-dealkylation sites (N-methyl/N-ethyl adjacent to an activating group) is 1. The molecule has 0 aromatic carbocycles. The zero-order chi connectivity index (χ0) is 13.9. The maximum absolute atomic E-state index is 12.5. The van der Waals surface area contributed by atoms with Gasteiger partial charge in [0.1, 0.15) is 11.9 Å². The van der Waals surface area contributed by atoms with Crippen LogP contribution in [0.15, 0.2) is 12.4 Å².